The monoisotopic (exact) mass is 556 g/mol. The number of carbonyl (C=O) groups is 1. The summed E-state index contributed by atoms with van der Waals surface area (Å²) in [6, 6.07) is 12.1. The summed E-state index contributed by atoms with van der Waals surface area (Å²) in [5, 5.41) is 19.7. The number of hydrogen-bond donors (Lipinski definition) is 0. The highest BCUT2D eigenvalue weighted by atomic mass is 28.3. The van der Waals surface area contributed by atoms with Crippen LogP contribution in [0.1, 0.15) is 98.2 Å². The molecule has 1 aromatic heterocycles. The van der Waals surface area contributed by atoms with Gasteiger partial charge in [0.15, 0.2) is 11.5 Å². The summed E-state index contributed by atoms with van der Waals surface area (Å²) >= 11 is 0. The zero-order valence-corrected chi connectivity index (χ0v) is 26.0. The number of nitriles is 2. The molecular weight excluding hydrogens is 512 g/mol. The Morgan fingerprint density at radius 3 is 2.50 bits per heavy atom. The van der Waals surface area contributed by atoms with Gasteiger partial charge in [0.05, 0.1) is 11.5 Å². The molecule has 1 fully saturated rings. The quantitative estimate of drug-likeness (QED) is 0.169. The third-order valence-electron chi connectivity index (χ3n) is 8.62. The average Bonchev–Trinajstić information content (AvgIpc) is 3.35. The summed E-state index contributed by atoms with van der Waals surface area (Å²) in [6.07, 6.45) is 12.3. The molecule has 0 aliphatic heterocycles. The highest BCUT2D eigenvalue weighted by Crippen LogP contribution is 2.43. The Hall–Kier alpha value is -3.00. The minimum absolute atomic E-state index is 0.131. The van der Waals surface area contributed by atoms with Gasteiger partial charge in [0.25, 0.3) is 0 Å². The van der Waals surface area contributed by atoms with Crippen molar-refractivity contribution >= 4 is 19.4 Å². The van der Waals surface area contributed by atoms with E-state index < -0.39 is 13.5 Å². The van der Waals surface area contributed by atoms with Crippen molar-refractivity contribution in [3.63, 3.8) is 0 Å². The van der Waals surface area contributed by atoms with Gasteiger partial charge in [-0.3, -0.25) is 4.79 Å². The van der Waals surface area contributed by atoms with Crippen molar-refractivity contribution in [3.8, 4) is 12.1 Å². The van der Waals surface area contributed by atoms with Crippen LogP contribution in [-0.4, -0.2) is 30.0 Å². The molecule has 0 saturated heterocycles. The van der Waals surface area contributed by atoms with Gasteiger partial charge in [0.2, 0.25) is 5.78 Å². The molecule has 0 bridgehead atoms. The van der Waals surface area contributed by atoms with E-state index in [2.05, 4.69) is 74.9 Å². The number of ketones is 1. The van der Waals surface area contributed by atoms with Gasteiger partial charge in [-0.2, -0.15) is 10.5 Å². The first kappa shape index (κ1) is 30.0. The summed E-state index contributed by atoms with van der Waals surface area (Å²) in [6.45, 7) is 12.3. The van der Waals surface area contributed by atoms with Crippen LogP contribution in [0.5, 0.6) is 0 Å². The van der Waals surface area contributed by atoms with Crippen molar-refractivity contribution in [2.45, 2.75) is 109 Å². The molecule has 6 nitrogen and oxygen atoms in total. The van der Waals surface area contributed by atoms with Gasteiger partial charge in [-0.05, 0) is 71.9 Å². The van der Waals surface area contributed by atoms with Crippen LogP contribution in [0.15, 0.2) is 30.5 Å². The van der Waals surface area contributed by atoms with Crippen LogP contribution in [0.25, 0.3) is 5.57 Å². The van der Waals surface area contributed by atoms with E-state index in [9.17, 15) is 15.3 Å². The second-order valence-electron chi connectivity index (χ2n) is 13.7. The second kappa shape index (κ2) is 12.2. The molecule has 7 heteroatoms. The van der Waals surface area contributed by atoms with Gasteiger partial charge in [-0.1, -0.05) is 71.0 Å². The van der Waals surface area contributed by atoms with Crippen LogP contribution < -0.4 is 0 Å². The summed E-state index contributed by atoms with van der Waals surface area (Å²) < 4.78 is 7.57. The minimum Gasteiger partial charge on any atom is -0.361 e. The highest BCUT2D eigenvalue weighted by molar-refractivity contribution is 6.76. The molecule has 40 heavy (non-hydrogen) atoms. The van der Waals surface area contributed by atoms with E-state index in [1.165, 1.54) is 12.0 Å². The third-order valence-corrected chi connectivity index (χ3v) is 10.3. The number of carbonyl (C=O) groups excluding carboxylic acids is 1. The molecule has 2 aromatic rings. The topological polar surface area (TPSA) is 91.7 Å². The molecule has 1 saturated carbocycles. The molecule has 212 valence electrons. The largest absolute Gasteiger partial charge is 0.361 e. The minimum atomic E-state index is -1.24. The lowest BCUT2D eigenvalue weighted by molar-refractivity contribution is 0.0799. The van der Waals surface area contributed by atoms with Crippen LogP contribution in [-0.2, 0) is 23.3 Å². The number of allylic oxidation sites excluding steroid dienone is 2. The molecule has 0 spiro atoms. The molecule has 0 atom stereocenters. The van der Waals surface area contributed by atoms with Crippen molar-refractivity contribution in [2.24, 2.45) is 5.41 Å². The van der Waals surface area contributed by atoms with Crippen molar-refractivity contribution in [1.29, 1.82) is 10.5 Å². The van der Waals surface area contributed by atoms with Crippen molar-refractivity contribution in [3.05, 3.63) is 58.7 Å². The number of imidazole rings is 1. The van der Waals surface area contributed by atoms with Gasteiger partial charge >= 0.3 is 0 Å². The van der Waals surface area contributed by atoms with Crippen LogP contribution in [0.3, 0.4) is 0 Å². The van der Waals surface area contributed by atoms with Gasteiger partial charge in [0.1, 0.15) is 12.8 Å². The zero-order valence-electron chi connectivity index (χ0n) is 25.0. The molecule has 0 radical (unpaired) electrons. The Labute approximate surface area is 241 Å². The number of ether oxygens (including phenoxy) is 1. The van der Waals surface area contributed by atoms with E-state index in [-0.39, 0.29) is 35.9 Å². The zero-order chi connectivity index (χ0) is 29.0. The number of Topliss-reactive ketones (excluding diaryl/α,β-unsaturated/α-hetero) is 1. The molecule has 1 heterocycles. The second-order valence-corrected chi connectivity index (χ2v) is 19.3. The fraction of sp³-hybridized carbons (Fsp3) is 0.576. The number of nitrogens with zero attached hydrogens (tertiary/aromatic N) is 4. The lowest BCUT2D eigenvalue weighted by Gasteiger charge is -2.33. The lowest BCUT2D eigenvalue weighted by atomic mass is 9.69. The Morgan fingerprint density at radius 1 is 1.12 bits per heavy atom. The first-order chi connectivity index (χ1) is 19.0. The molecule has 2 aliphatic carbocycles. The standard InChI is InChI=1S/C33H44N4O2Si/c1-32(2)15-11-25(12-16-32)29-20-27(33(23-35)13-7-6-8-14-33)10-9-26(29)19-30(38)31-36-28(21-34)22-37(31)24-39-17-18-40(3,4)5/h9-11,20,22H,6-8,12-19,24H2,1-5H3. The van der Waals surface area contributed by atoms with E-state index in [0.29, 0.717) is 6.61 Å². The predicted octanol–water partition coefficient (Wildman–Crippen LogP) is 7.81. The van der Waals surface area contributed by atoms with Gasteiger partial charge in [-0.25, -0.2) is 4.98 Å². The van der Waals surface area contributed by atoms with Crippen LogP contribution in [0.2, 0.25) is 25.7 Å². The van der Waals surface area contributed by atoms with Gasteiger partial charge in [0, 0.05) is 27.3 Å². The first-order valence-corrected chi connectivity index (χ1v) is 18.5. The smallest absolute Gasteiger partial charge is 0.202 e. The van der Waals surface area contributed by atoms with Gasteiger partial charge in [-0.15, -0.1) is 0 Å². The maximum Gasteiger partial charge on any atom is 0.202 e. The van der Waals surface area contributed by atoms with E-state index >= 15 is 0 Å². The molecule has 0 unspecified atom stereocenters. The third kappa shape index (κ3) is 7.19. The molecule has 2 aliphatic rings. The van der Waals surface area contributed by atoms with E-state index in [4.69, 9.17) is 4.74 Å². The Kier molecular flexibility index (Phi) is 9.18. The Bertz CT molecular complexity index is 1340. The number of aromatic nitrogens is 2. The average molecular weight is 557 g/mol. The maximum atomic E-state index is 13.7. The molecule has 0 N–H and O–H groups in total. The van der Waals surface area contributed by atoms with Crippen molar-refractivity contribution < 1.29 is 9.53 Å². The molecular formula is C33H44N4O2Si. The number of hydrogen-bond acceptors (Lipinski definition) is 5. The SMILES string of the molecule is CC1(C)CC=C(c2cc(C3(C#N)CCCCC3)ccc2CC(=O)c2nc(C#N)cn2COCC[Si](C)(C)C)CC1. The highest BCUT2D eigenvalue weighted by Gasteiger charge is 2.35. The van der Waals surface area contributed by atoms with Crippen LogP contribution in [0, 0.1) is 28.1 Å². The Balaban J connectivity index is 1.64. The first-order valence-electron chi connectivity index (χ1n) is 14.8. The normalized spacial score (nSPS) is 18.4. The molecule has 4 rings (SSSR count). The van der Waals surface area contributed by atoms with Crippen molar-refractivity contribution in [2.75, 3.05) is 6.61 Å². The summed E-state index contributed by atoms with van der Waals surface area (Å²) in [7, 11) is -1.24. The fourth-order valence-corrected chi connectivity index (χ4v) is 6.61. The maximum absolute atomic E-state index is 13.7. The van der Waals surface area contributed by atoms with E-state index in [1.807, 2.05) is 0 Å². The van der Waals surface area contributed by atoms with Crippen LogP contribution in [0.4, 0.5) is 0 Å². The summed E-state index contributed by atoms with van der Waals surface area (Å²) in [5.41, 5.74) is 4.43. The fourth-order valence-electron chi connectivity index (χ4n) is 5.85. The summed E-state index contributed by atoms with van der Waals surface area (Å²) in [4.78, 5) is 18.0. The van der Waals surface area contributed by atoms with E-state index in [0.717, 1.165) is 67.7 Å². The van der Waals surface area contributed by atoms with E-state index in [1.54, 1.807) is 10.8 Å². The molecule has 1 aromatic carbocycles. The Morgan fingerprint density at radius 2 is 1.88 bits per heavy atom. The number of benzene rings is 1. The number of rotatable bonds is 10. The molecule has 0 amide bonds. The summed E-state index contributed by atoms with van der Waals surface area (Å²) in [5.74, 6) is 0.132. The predicted molar refractivity (Wildman–Crippen MR) is 162 cm³/mol. The lowest BCUT2D eigenvalue weighted by Crippen LogP contribution is -2.27. The van der Waals surface area contributed by atoms with Crippen molar-refractivity contribution in [1.82, 2.24) is 9.55 Å². The van der Waals surface area contributed by atoms with Gasteiger partial charge < -0.3 is 9.30 Å². The van der Waals surface area contributed by atoms with Crippen LogP contribution >= 0.6 is 0 Å².